The molecule has 0 radical (unpaired) electrons. The molecule has 0 atom stereocenters. The SMILES string of the molecule is Cc1cccc(CCNC(=O)CCNC2CC2)c1. The number of nitrogens with one attached hydrogen (secondary N) is 2. The molecule has 0 unspecified atom stereocenters. The Morgan fingerprint density at radius 2 is 2.17 bits per heavy atom. The molecule has 0 heterocycles. The average Bonchev–Trinajstić information content (AvgIpc) is 3.13. The van der Waals surface area contributed by atoms with E-state index in [1.807, 2.05) is 0 Å². The standard InChI is InChI=1S/C15H22N2O/c1-12-3-2-4-13(11-12)7-9-17-15(18)8-10-16-14-5-6-14/h2-4,11,14,16H,5-10H2,1H3,(H,17,18). The first kappa shape index (κ1) is 13.1. The molecule has 1 aromatic carbocycles. The third-order valence-electron chi connectivity index (χ3n) is 3.18. The van der Waals surface area contributed by atoms with E-state index in [4.69, 9.17) is 0 Å². The van der Waals surface area contributed by atoms with E-state index in [1.54, 1.807) is 0 Å². The highest BCUT2D eigenvalue weighted by Gasteiger charge is 2.19. The zero-order valence-electron chi connectivity index (χ0n) is 11.0. The van der Waals surface area contributed by atoms with E-state index in [2.05, 4.69) is 41.8 Å². The fourth-order valence-corrected chi connectivity index (χ4v) is 1.98. The van der Waals surface area contributed by atoms with Gasteiger partial charge in [0.05, 0.1) is 0 Å². The third-order valence-corrected chi connectivity index (χ3v) is 3.18. The minimum absolute atomic E-state index is 0.149. The molecule has 2 N–H and O–H groups in total. The Hall–Kier alpha value is -1.35. The van der Waals surface area contributed by atoms with E-state index in [0.717, 1.165) is 19.5 Å². The van der Waals surface area contributed by atoms with Gasteiger partial charge < -0.3 is 10.6 Å². The van der Waals surface area contributed by atoms with Crippen LogP contribution in [0.4, 0.5) is 0 Å². The summed E-state index contributed by atoms with van der Waals surface area (Å²) < 4.78 is 0. The molecule has 2 rings (SSSR count). The second kappa shape index (κ2) is 6.55. The molecule has 1 saturated carbocycles. The number of carbonyl (C=O) groups excluding carboxylic acids is 1. The average molecular weight is 246 g/mol. The van der Waals surface area contributed by atoms with Gasteiger partial charge in [0.1, 0.15) is 0 Å². The van der Waals surface area contributed by atoms with Crippen molar-refractivity contribution in [2.24, 2.45) is 0 Å². The zero-order valence-corrected chi connectivity index (χ0v) is 11.0. The summed E-state index contributed by atoms with van der Waals surface area (Å²) in [6.07, 6.45) is 4.04. The summed E-state index contributed by atoms with van der Waals surface area (Å²) in [7, 11) is 0. The first-order valence-electron chi connectivity index (χ1n) is 6.79. The molecule has 1 aromatic rings. The monoisotopic (exact) mass is 246 g/mol. The number of aryl methyl sites for hydroxylation is 1. The third kappa shape index (κ3) is 4.88. The molecule has 0 spiro atoms. The van der Waals surface area contributed by atoms with Crippen LogP contribution in [0.25, 0.3) is 0 Å². The van der Waals surface area contributed by atoms with Crippen LogP contribution >= 0.6 is 0 Å². The van der Waals surface area contributed by atoms with Crippen LogP contribution in [0.5, 0.6) is 0 Å². The lowest BCUT2D eigenvalue weighted by Crippen LogP contribution is -2.29. The summed E-state index contributed by atoms with van der Waals surface area (Å²) in [6, 6.07) is 9.11. The van der Waals surface area contributed by atoms with Crippen molar-refractivity contribution >= 4 is 5.91 Å². The van der Waals surface area contributed by atoms with Crippen molar-refractivity contribution in [3.63, 3.8) is 0 Å². The summed E-state index contributed by atoms with van der Waals surface area (Å²) in [4.78, 5) is 11.6. The van der Waals surface area contributed by atoms with Crippen molar-refractivity contribution in [1.82, 2.24) is 10.6 Å². The molecular weight excluding hydrogens is 224 g/mol. The lowest BCUT2D eigenvalue weighted by atomic mass is 10.1. The van der Waals surface area contributed by atoms with E-state index < -0.39 is 0 Å². The van der Waals surface area contributed by atoms with Gasteiger partial charge in [-0.3, -0.25) is 4.79 Å². The largest absolute Gasteiger partial charge is 0.356 e. The summed E-state index contributed by atoms with van der Waals surface area (Å²) in [6.45, 7) is 3.62. The highest BCUT2D eigenvalue weighted by Crippen LogP contribution is 2.18. The Bertz CT molecular complexity index is 399. The molecule has 18 heavy (non-hydrogen) atoms. The molecule has 1 amide bonds. The molecule has 98 valence electrons. The molecule has 0 aliphatic heterocycles. The van der Waals surface area contributed by atoms with Crippen molar-refractivity contribution in [1.29, 1.82) is 0 Å². The first-order valence-corrected chi connectivity index (χ1v) is 6.79. The van der Waals surface area contributed by atoms with Crippen LogP contribution in [0, 0.1) is 6.92 Å². The van der Waals surface area contributed by atoms with Gasteiger partial charge >= 0.3 is 0 Å². The van der Waals surface area contributed by atoms with Crippen LogP contribution in [-0.2, 0) is 11.2 Å². The second-order valence-corrected chi connectivity index (χ2v) is 5.07. The van der Waals surface area contributed by atoms with Gasteiger partial charge in [-0.25, -0.2) is 0 Å². The molecule has 3 heteroatoms. The van der Waals surface area contributed by atoms with Gasteiger partial charge in [0.25, 0.3) is 0 Å². The summed E-state index contributed by atoms with van der Waals surface area (Å²) >= 11 is 0. The lowest BCUT2D eigenvalue weighted by molar-refractivity contribution is -0.120. The Balaban J connectivity index is 1.57. The van der Waals surface area contributed by atoms with Crippen LogP contribution < -0.4 is 10.6 Å². The van der Waals surface area contributed by atoms with Crippen molar-refractivity contribution in [2.45, 2.75) is 38.6 Å². The second-order valence-electron chi connectivity index (χ2n) is 5.07. The molecule has 1 aliphatic carbocycles. The van der Waals surface area contributed by atoms with Gasteiger partial charge in [0, 0.05) is 25.6 Å². The van der Waals surface area contributed by atoms with E-state index >= 15 is 0 Å². The van der Waals surface area contributed by atoms with Crippen LogP contribution in [0.3, 0.4) is 0 Å². The molecule has 3 nitrogen and oxygen atoms in total. The van der Waals surface area contributed by atoms with Crippen LogP contribution in [-0.4, -0.2) is 25.0 Å². The quantitative estimate of drug-likeness (QED) is 0.770. The van der Waals surface area contributed by atoms with E-state index in [-0.39, 0.29) is 5.91 Å². The Morgan fingerprint density at radius 1 is 1.33 bits per heavy atom. The minimum Gasteiger partial charge on any atom is -0.356 e. The fraction of sp³-hybridized carbons (Fsp3) is 0.533. The zero-order chi connectivity index (χ0) is 12.8. The van der Waals surface area contributed by atoms with Gasteiger partial charge in [0.2, 0.25) is 5.91 Å². The van der Waals surface area contributed by atoms with Crippen molar-refractivity contribution in [2.75, 3.05) is 13.1 Å². The van der Waals surface area contributed by atoms with Crippen molar-refractivity contribution in [3.05, 3.63) is 35.4 Å². The molecule has 1 aliphatic rings. The number of amides is 1. The number of hydrogen-bond acceptors (Lipinski definition) is 2. The predicted molar refractivity (Wildman–Crippen MR) is 73.5 cm³/mol. The Morgan fingerprint density at radius 3 is 2.89 bits per heavy atom. The van der Waals surface area contributed by atoms with Gasteiger partial charge in [0.15, 0.2) is 0 Å². The van der Waals surface area contributed by atoms with Crippen LogP contribution in [0.2, 0.25) is 0 Å². The van der Waals surface area contributed by atoms with Crippen molar-refractivity contribution in [3.8, 4) is 0 Å². The maximum Gasteiger partial charge on any atom is 0.221 e. The van der Waals surface area contributed by atoms with E-state index in [0.29, 0.717) is 12.5 Å². The van der Waals surface area contributed by atoms with Crippen LogP contribution in [0.1, 0.15) is 30.4 Å². The number of benzene rings is 1. The molecule has 0 aromatic heterocycles. The maximum atomic E-state index is 11.6. The summed E-state index contributed by atoms with van der Waals surface area (Å²) in [5.41, 5.74) is 2.55. The maximum absolute atomic E-state index is 11.6. The van der Waals surface area contributed by atoms with Crippen molar-refractivity contribution < 1.29 is 4.79 Å². The van der Waals surface area contributed by atoms with E-state index in [9.17, 15) is 4.79 Å². The molecule has 1 fully saturated rings. The minimum atomic E-state index is 0.149. The van der Waals surface area contributed by atoms with Gasteiger partial charge in [-0.15, -0.1) is 0 Å². The smallest absolute Gasteiger partial charge is 0.221 e. The number of carbonyl (C=O) groups is 1. The fourth-order valence-electron chi connectivity index (χ4n) is 1.98. The topological polar surface area (TPSA) is 41.1 Å². The van der Waals surface area contributed by atoms with Crippen LogP contribution in [0.15, 0.2) is 24.3 Å². The lowest BCUT2D eigenvalue weighted by Gasteiger charge is -2.06. The molecule has 0 bridgehead atoms. The van der Waals surface area contributed by atoms with Gasteiger partial charge in [-0.2, -0.15) is 0 Å². The molecular formula is C15H22N2O. The number of rotatable bonds is 7. The Kier molecular flexibility index (Phi) is 4.76. The van der Waals surface area contributed by atoms with E-state index in [1.165, 1.54) is 24.0 Å². The summed E-state index contributed by atoms with van der Waals surface area (Å²) in [5, 5.41) is 6.31. The first-order chi connectivity index (χ1) is 8.74. The Labute approximate surface area is 109 Å². The number of hydrogen-bond donors (Lipinski definition) is 2. The highest BCUT2D eigenvalue weighted by molar-refractivity contribution is 5.76. The predicted octanol–water partition coefficient (Wildman–Crippen LogP) is 1.80. The van der Waals surface area contributed by atoms with Gasteiger partial charge in [-0.1, -0.05) is 29.8 Å². The normalized spacial score (nSPS) is 14.5. The highest BCUT2D eigenvalue weighted by atomic mass is 16.1. The molecule has 0 saturated heterocycles. The summed E-state index contributed by atoms with van der Waals surface area (Å²) in [5.74, 6) is 0.149. The van der Waals surface area contributed by atoms with Gasteiger partial charge in [-0.05, 0) is 31.7 Å².